The standard InChI is InChI=1S/C17H24N4O.C2H6/c18-11-17(5-7-19-8-6-17)16-20-14-3-1-2-13(15(14)21-16)12-4-9-22-10-12;1-2/h1-3,12,19H,4-11,18H2,(H,20,21);1-2H3. The van der Waals surface area contributed by atoms with E-state index in [0.29, 0.717) is 12.5 Å². The van der Waals surface area contributed by atoms with E-state index >= 15 is 0 Å². The predicted octanol–water partition coefficient (Wildman–Crippen LogP) is 2.67. The molecule has 132 valence electrons. The number of para-hydroxylation sites is 1. The molecule has 2 aliphatic rings. The van der Waals surface area contributed by atoms with Gasteiger partial charge in [0.25, 0.3) is 0 Å². The van der Waals surface area contributed by atoms with Crippen molar-refractivity contribution in [3.05, 3.63) is 29.6 Å². The monoisotopic (exact) mass is 330 g/mol. The van der Waals surface area contributed by atoms with E-state index in [1.54, 1.807) is 0 Å². The summed E-state index contributed by atoms with van der Waals surface area (Å²) in [6.07, 6.45) is 3.18. The molecule has 0 saturated carbocycles. The molecule has 0 radical (unpaired) electrons. The van der Waals surface area contributed by atoms with E-state index in [1.807, 2.05) is 13.8 Å². The second-order valence-corrected chi connectivity index (χ2v) is 6.62. The van der Waals surface area contributed by atoms with Crippen LogP contribution < -0.4 is 11.1 Å². The first-order chi connectivity index (χ1) is 11.8. The molecule has 0 bridgehead atoms. The summed E-state index contributed by atoms with van der Waals surface area (Å²) < 4.78 is 5.56. The van der Waals surface area contributed by atoms with Crippen LogP contribution in [0.2, 0.25) is 0 Å². The zero-order chi connectivity index (χ0) is 17.0. The molecule has 1 unspecified atom stereocenters. The summed E-state index contributed by atoms with van der Waals surface area (Å²) in [5, 5.41) is 3.42. The number of benzene rings is 1. The second kappa shape index (κ2) is 7.64. The van der Waals surface area contributed by atoms with Gasteiger partial charge in [-0.25, -0.2) is 4.98 Å². The normalized spacial score (nSPS) is 23.0. The third-order valence-electron chi connectivity index (χ3n) is 5.37. The topological polar surface area (TPSA) is 76.0 Å². The molecule has 0 aliphatic carbocycles. The Kier molecular flexibility index (Phi) is 5.54. The minimum absolute atomic E-state index is 0.00623. The first kappa shape index (κ1) is 17.4. The molecule has 0 amide bonds. The number of piperidine rings is 1. The van der Waals surface area contributed by atoms with Gasteiger partial charge in [0, 0.05) is 24.5 Å². The van der Waals surface area contributed by atoms with Gasteiger partial charge in [0.05, 0.1) is 17.6 Å². The van der Waals surface area contributed by atoms with Crippen LogP contribution in [0.3, 0.4) is 0 Å². The number of imidazole rings is 1. The van der Waals surface area contributed by atoms with Crippen LogP contribution in [-0.2, 0) is 10.2 Å². The van der Waals surface area contributed by atoms with Crippen LogP contribution in [0.1, 0.15) is 50.4 Å². The number of hydrogen-bond donors (Lipinski definition) is 3. The van der Waals surface area contributed by atoms with Crippen LogP contribution in [0.4, 0.5) is 0 Å². The summed E-state index contributed by atoms with van der Waals surface area (Å²) in [6, 6.07) is 6.44. The minimum Gasteiger partial charge on any atom is -0.381 e. The molecular weight excluding hydrogens is 300 g/mol. The molecule has 5 nitrogen and oxygen atoms in total. The number of aromatic nitrogens is 2. The van der Waals surface area contributed by atoms with Gasteiger partial charge in [-0.1, -0.05) is 26.0 Å². The highest BCUT2D eigenvalue weighted by molar-refractivity contribution is 5.79. The number of ether oxygens (including phenoxy) is 1. The summed E-state index contributed by atoms with van der Waals surface area (Å²) >= 11 is 0. The van der Waals surface area contributed by atoms with Crippen molar-refractivity contribution in [2.24, 2.45) is 5.73 Å². The Balaban J connectivity index is 0.000000815. The zero-order valence-electron chi connectivity index (χ0n) is 14.9. The van der Waals surface area contributed by atoms with E-state index in [2.05, 4.69) is 28.5 Å². The fourth-order valence-electron chi connectivity index (χ4n) is 3.86. The second-order valence-electron chi connectivity index (χ2n) is 6.62. The van der Waals surface area contributed by atoms with Crippen LogP contribution in [0.15, 0.2) is 18.2 Å². The van der Waals surface area contributed by atoms with Crippen molar-refractivity contribution in [1.82, 2.24) is 15.3 Å². The number of hydrogen-bond acceptors (Lipinski definition) is 4. The maximum absolute atomic E-state index is 6.14. The first-order valence-electron chi connectivity index (χ1n) is 9.30. The van der Waals surface area contributed by atoms with Gasteiger partial charge >= 0.3 is 0 Å². The maximum atomic E-state index is 6.14. The number of fused-ring (bicyclic) bond motifs is 1. The average molecular weight is 330 g/mol. The lowest BCUT2D eigenvalue weighted by Crippen LogP contribution is -2.45. The van der Waals surface area contributed by atoms with Crippen molar-refractivity contribution < 1.29 is 4.74 Å². The highest BCUT2D eigenvalue weighted by Crippen LogP contribution is 2.35. The van der Waals surface area contributed by atoms with Gasteiger partial charge in [-0.2, -0.15) is 0 Å². The van der Waals surface area contributed by atoms with Crippen LogP contribution in [0.25, 0.3) is 11.0 Å². The summed E-state index contributed by atoms with van der Waals surface area (Å²) in [5.41, 5.74) is 9.70. The van der Waals surface area contributed by atoms with Crippen molar-refractivity contribution >= 4 is 11.0 Å². The van der Waals surface area contributed by atoms with E-state index in [1.165, 1.54) is 5.56 Å². The molecule has 24 heavy (non-hydrogen) atoms. The third-order valence-corrected chi connectivity index (χ3v) is 5.37. The van der Waals surface area contributed by atoms with Crippen LogP contribution in [0.5, 0.6) is 0 Å². The van der Waals surface area contributed by atoms with Gasteiger partial charge in [0.1, 0.15) is 5.82 Å². The Morgan fingerprint density at radius 1 is 1.29 bits per heavy atom. The first-order valence-corrected chi connectivity index (χ1v) is 9.30. The summed E-state index contributed by atoms with van der Waals surface area (Å²) in [6.45, 7) is 8.34. The number of nitrogens with two attached hydrogens (primary N) is 1. The number of H-pyrrole nitrogens is 1. The number of nitrogens with one attached hydrogen (secondary N) is 2. The molecule has 2 aromatic rings. The molecule has 4 rings (SSSR count). The lowest BCUT2D eigenvalue weighted by atomic mass is 9.78. The average Bonchev–Trinajstić information content (AvgIpc) is 3.33. The van der Waals surface area contributed by atoms with E-state index in [9.17, 15) is 0 Å². The lowest BCUT2D eigenvalue weighted by Gasteiger charge is -2.34. The number of rotatable bonds is 3. The highest BCUT2D eigenvalue weighted by atomic mass is 16.5. The van der Waals surface area contributed by atoms with Crippen molar-refractivity contribution in [1.29, 1.82) is 0 Å². The Labute approximate surface area is 144 Å². The van der Waals surface area contributed by atoms with Crippen molar-refractivity contribution in [3.8, 4) is 0 Å². The summed E-state index contributed by atoms with van der Waals surface area (Å²) in [5.74, 6) is 1.54. The predicted molar refractivity (Wildman–Crippen MR) is 98.5 cm³/mol. The Morgan fingerprint density at radius 2 is 2.08 bits per heavy atom. The molecule has 3 heterocycles. The Bertz CT molecular complexity index is 654. The van der Waals surface area contributed by atoms with Gasteiger partial charge < -0.3 is 20.8 Å². The van der Waals surface area contributed by atoms with Gasteiger partial charge in [-0.15, -0.1) is 0 Å². The van der Waals surface area contributed by atoms with Crippen LogP contribution >= 0.6 is 0 Å². The molecule has 2 saturated heterocycles. The maximum Gasteiger partial charge on any atom is 0.114 e. The van der Waals surface area contributed by atoms with E-state index < -0.39 is 0 Å². The van der Waals surface area contributed by atoms with Gasteiger partial charge in [-0.3, -0.25) is 0 Å². The summed E-state index contributed by atoms with van der Waals surface area (Å²) in [4.78, 5) is 8.57. The van der Waals surface area contributed by atoms with E-state index in [-0.39, 0.29) is 5.41 Å². The van der Waals surface area contributed by atoms with Gasteiger partial charge in [-0.05, 0) is 44.0 Å². The molecule has 2 fully saturated rings. The number of aromatic amines is 1. The lowest BCUT2D eigenvalue weighted by molar-refractivity contribution is 0.194. The molecule has 1 atom stereocenters. The zero-order valence-corrected chi connectivity index (χ0v) is 14.9. The molecule has 5 heteroatoms. The fraction of sp³-hybridized carbons (Fsp3) is 0.632. The van der Waals surface area contributed by atoms with Crippen LogP contribution in [-0.4, -0.2) is 42.8 Å². The highest BCUT2D eigenvalue weighted by Gasteiger charge is 2.36. The molecule has 1 aromatic heterocycles. The Morgan fingerprint density at radius 3 is 2.75 bits per heavy atom. The van der Waals surface area contributed by atoms with E-state index in [0.717, 1.165) is 62.4 Å². The van der Waals surface area contributed by atoms with Gasteiger partial charge in [0.15, 0.2) is 0 Å². The van der Waals surface area contributed by atoms with Gasteiger partial charge in [0.2, 0.25) is 0 Å². The fourth-order valence-corrected chi connectivity index (χ4v) is 3.86. The summed E-state index contributed by atoms with van der Waals surface area (Å²) in [7, 11) is 0. The molecule has 1 aromatic carbocycles. The Hall–Kier alpha value is -1.43. The molecule has 0 spiro atoms. The quantitative estimate of drug-likeness (QED) is 0.809. The third kappa shape index (κ3) is 3.08. The van der Waals surface area contributed by atoms with Crippen molar-refractivity contribution in [2.75, 3.05) is 32.8 Å². The number of nitrogens with zero attached hydrogens (tertiary/aromatic N) is 1. The SMILES string of the molecule is CC.NCC1(c2nc3c(C4CCOC4)cccc3[nH]2)CCNCC1. The minimum atomic E-state index is -0.00623. The molecular formula is C19H30N4O. The smallest absolute Gasteiger partial charge is 0.114 e. The van der Waals surface area contributed by atoms with E-state index in [4.69, 9.17) is 15.5 Å². The molecule has 2 aliphatic heterocycles. The van der Waals surface area contributed by atoms with Crippen LogP contribution in [0, 0.1) is 0 Å². The molecule has 4 N–H and O–H groups in total. The van der Waals surface area contributed by atoms with Crippen molar-refractivity contribution in [3.63, 3.8) is 0 Å². The van der Waals surface area contributed by atoms with Crippen molar-refractivity contribution in [2.45, 2.75) is 44.4 Å². The largest absolute Gasteiger partial charge is 0.381 e.